The number of ether oxygens (including phenoxy) is 1. The highest BCUT2D eigenvalue weighted by atomic mass is 16.5. The van der Waals surface area contributed by atoms with Crippen molar-refractivity contribution in [3.05, 3.63) is 35.9 Å². The lowest BCUT2D eigenvalue weighted by Crippen LogP contribution is -2.42. The van der Waals surface area contributed by atoms with Gasteiger partial charge in [-0.15, -0.1) is 0 Å². The Morgan fingerprint density at radius 2 is 2.26 bits per heavy atom. The van der Waals surface area contributed by atoms with Crippen LogP contribution in [-0.4, -0.2) is 43.4 Å². The van der Waals surface area contributed by atoms with E-state index >= 15 is 0 Å². The summed E-state index contributed by atoms with van der Waals surface area (Å²) in [5.41, 5.74) is 0.902. The smallest absolute Gasteiger partial charge is 0.237 e. The lowest BCUT2D eigenvalue weighted by molar-refractivity contribution is -0.124. The standard InChI is InChI=1S/C14H20N2O3/c1-19-11-7-12(15-8-11)14(18)16-13(9-17)10-5-3-2-4-6-10/h2-6,11-13,15,17H,7-9H2,1H3,(H,16,18)/t11?,12?,13-/m0/s1. The van der Waals surface area contributed by atoms with E-state index in [0.29, 0.717) is 13.0 Å². The zero-order valence-corrected chi connectivity index (χ0v) is 11.0. The quantitative estimate of drug-likeness (QED) is 0.711. The predicted octanol–water partition coefficient (Wildman–Crippen LogP) is 0.213. The van der Waals surface area contributed by atoms with Crippen LogP contribution in [0.5, 0.6) is 0 Å². The molecule has 0 spiro atoms. The van der Waals surface area contributed by atoms with Crippen molar-refractivity contribution in [1.82, 2.24) is 10.6 Å². The predicted molar refractivity (Wildman–Crippen MR) is 71.6 cm³/mol. The molecule has 1 aliphatic heterocycles. The fourth-order valence-corrected chi connectivity index (χ4v) is 2.27. The second-order valence-corrected chi connectivity index (χ2v) is 4.71. The van der Waals surface area contributed by atoms with Crippen molar-refractivity contribution in [2.75, 3.05) is 20.3 Å². The summed E-state index contributed by atoms with van der Waals surface area (Å²) >= 11 is 0. The van der Waals surface area contributed by atoms with Crippen LogP contribution in [0, 0.1) is 0 Å². The highest BCUT2D eigenvalue weighted by Crippen LogP contribution is 2.14. The fourth-order valence-electron chi connectivity index (χ4n) is 2.27. The van der Waals surface area contributed by atoms with Gasteiger partial charge in [0.1, 0.15) is 0 Å². The highest BCUT2D eigenvalue weighted by molar-refractivity contribution is 5.82. The molecule has 0 aromatic heterocycles. The maximum atomic E-state index is 12.1. The molecule has 3 atom stereocenters. The number of carbonyl (C=O) groups is 1. The monoisotopic (exact) mass is 264 g/mol. The highest BCUT2D eigenvalue weighted by Gasteiger charge is 2.30. The summed E-state index contributed by atoms with van der Waals surface area (Å²) in [7, 11) is 1.65. The van der Waals surface area contributed by atoms with Gasteiger partial charge in [0.25, 0.3) is 0 Å². The topological polar surface area (TPSA) is 70.6 Å². The lowest BCUT2D eigenvalue weighted by Gasteiger charge is -2.19. The molecule has 2 unspecified atom stereocenters. The zero-order chi connectivity index (χ0) is 13.7. The van der Waals surface area contributed by atoms with Crippen molar-refractivity contribution in [2.24, 2.45) is 0 Å². The van der Waals surface area contributed by atoms with Crippen molar-refractivity contribution in [1.29, 1.82) is 0 Å². The van der Waals surface area contributed by atoms with Crippen LogP contribution in [0.4, 0.5) is 0 Å². The fraction of sp³-hybridized carbons (Fsp3) is 0.500. The summed E-state index contributed by atoms with van der Waals surface area (Å²) in [6.45, 7) is 0.569. The van der Waals surface area contributed by atoms with Crippen LogP contribution in [0.25, 0.3) is 0 Å². The Morgan fingerprint density at radius 3 is 2.84 bits per heavy atom. The van der Waals surface area contributed by atoms with E-state index in [2.05, 4.69) is 10.6 Å². The number of aliphatic hydroxyl groups is 1. The first kappa shape index (κ1) is 14.0. The summed E-state index contributed by atoms with van der Waals surface area (Å²) in [6, 6.07) is 8.85. The Bertz CT molecular complexity index is 410. The van der Waals surface area contributed by atoms with Gasteiger partial charge in [0.2, 0.25) is 5.91 Å². The van der Waals surface area contributed by atoms with Gasteiger partial charge < -0.3 is 20.5 Å². The molecule has 2 rings (SSSR count). The van der Waals surface area contributed by atoms with Crippen LogP contribution in [0.3, 0.4) is 0 Å². The summed E-state index contributed by atoms with van der Waals surface area (Å²) < 4.78 is 5.22. The van der Waals surface area contributed by atoms with Gasteiger partial charge in [-0.2, -0.15) is 0 Å². The minimum atomic E-state index is -0.364. The molecule has 0 radical (unpaired) electrons. The van der Waals surface area contributed by atoms with Gasteiger partial charge in [-0.25, -0.2) is 0 Å². The number of nitrogens with one attached hydrogen (secondary N) is 2. The normalized spacial score (nSPS) is 24.1. The Balaban J connectivity index is 1.94. The van der Waals surface area contributed by atoms with Gasteiger partial charge in [0.15, 0.2) is 0 Å². The van der Waals surface area contributed by atoms with Crippen LogP contribution < -0.4 is 10.6 Å². The average Bonchev–Trinajstić information content (AvgIpc) is 2.94. The molecule has 0 aliphatic carbocycles. The van der Waals surface area contributed by atoms with Crippen LogP contribution in [0.15, 0.2) is 30.3 Å². The molecule has 0 bridgehead atoms. The summed E-state index contributed by atoms with van der Waals surface area (Å²) in [4.78, 5) is 12.1. The molecule has 104 valence electrons. The molecule has 1 aliphatic rings. The summed E-state index contributed by atoms with van der Waals surface area (Å²) in [5, 5.41) is 15.4. The molecule has 1 aromatic carbocycles. The molecule has 3 N–H and O–H groups in total. The van der Waals surface area contributed by atoms with E-state index in [1.807, 2.05) is 30.3 Å². The van der Waals surface area contributed by atoms with E-state index in [1.54, 1.807) is 7.11 Å². The molecule has 1 amide bonds. The third-order valence-corrected chi connectivity index (χ3v) is 3.44. The number of hydrogen-bond acceptors (Lipinski definition) is 4. The molecule has 5 nitrogen and oxygen atoms in total. The number of methoxy groups -OCH3 is 1. The zero-order valence-electron chi connectivity index (χ0n) is 11.0. The van der Waals surface area contributed by atoms with Crippen molar-refractivity contribution in [3.8, 4) is 0 Å². The van der Waals surface area contributed by atoms with Gasteiger partial charge in [0.05, 0.1) is 24.8 Å². The number of rotatable bonds is 5. The summed E-state index contributed by atoms with van der Waals surface area (Å²) in [6.07, 6.45) is 0.745. The molecular weight excluding hydrogens is 244 g/mol. The molecule has 1 saturated heterocycles. The van der Waals surface area contributed by atoms with E-state index in [4.69, 9.17) is 4.74 Å². The van der Waals surface area contributed by atoms with E-state index in [-0.39, 0.29) is 30.7 Å². The van der Waals surface area contributed by atoms with Gasteiger partial charge in [-0.3, -0.25) is 4.79 Å². The number of amides is 1. The van der Waals surface area contributed by atoms with Crippen molar-refractivity contribution < 1.29 is 14.6 Å². The largest absolute Gasteiger partial charge is 0.394 e. The first-order valence-corrected chi connectivity index (χ1v) is 6.47. The van der Waals surface area contributed by atoms with Crippen LogP contribution in [-0.2, 0) is 9.53 Å². The first-order valence-electron chi connectivity index (χ1n) is 6.47. The molecule has 1 fully saturated rings. The minimum absolute atomic E-state index is 0.0834. The third kappa shape index (κ3) is 3.53. The maximum absolute atomic E-state index is 12.1. The van der Waals surface area contributed by atoms with Crippen molar-refractivity contribution in [3.63, 3.8) is 0 Å². The second-order valence-electron chi connectivity index (χ2n) is 4.71. The van der Waals surface area contributed by atoms with Gasteiger partial charge in [-0.1, -0.05) is 30.3 Å². The van der Waals surface area contributed by atoms with Crippen molar-refractivity contribution in [2.45, 2.75) is 24.6 Å². The summed E-state index contributed by atoms with van der Waals surface area (Å²) in [5.74, 6) is -0.0950. The lowest BCUT2D eigenvalue weighted by atomic mass is 10.1. The Kier molecular flexibility index (Phi) is 4.90. The third-order valence-electron chi connectivity index (χ3n) is 3.44. The molecule has 1 aromatic rings. The van der Waals surface area contributed by atoms with Crippen molar-refractivity contribution >= 4 is 5.91 Å². The number of carbonyl (C=O) groups excluding carboxylic acids is 1. The van der Waals surface area contributed by atoms with Gasteiger partial charge in [-0.05, 0) is 12.0 Å². The number of benzene rings is 1. The molecule has 19 heavy (non-hydrogen) atoms. The SMILES string of the molecule is COC1CNC(C(=O)N[C@@H](CO)c2ccccc2)C1. The van der Waals surface area contributed by atoms with Crippen LogP contribution >= 0.6 is 0 Å². The van der Waals surface area contributed by atoms with Crippen LogP contribution in [0.1, 0.15) is 18.0 Å². The van der Waals surface area contributed by atoms with E-state index in [0.717, 1.165) is 5.56 Å². The number of hydrogen-bond donors (Lipinski definition) is 3. The van der Waals surface area contributed by atoms with Gasteiger partial charge >= 0.3 is 0 Å². The first-order chi connectivity index (χ1) is 9.24. The Morgan fingerprint density at radius 1 is 1.53 bits per heavy atom. The molecule has 0 saturated carbocycles. The number of aliphatic hydroxyl groups excluding tert-OH is 1. The maximum Gasteiger partial charge on any atom is 0.237 e. The van der Waals surface area contributed by atoms with E-state index in [1.165, 1.54) is 0 Å². The molecule has 5 heteroatoms. The Hall–Kier alpha value is -1.43. The molecular formula is C14H20N2O3. The average molecular weight is 264 g/mol. The van der Waals surface area contributed by atoms with E-state index < -0.39 is 0 Å². The minimum Gasteiger partial charge on any atom is -0.394 e. The molecule has 1 heterocycles. The second kappa shape index (κ2) is 6.65. The van der Waals surface area contributed by atoms with Gasteiger partial charge in [0, 0.05) is 13.7 Å². The van der Waals surface area contributed by atoms with E-state index in [9.17, 15) is 9.90 Å². The van der Waals surface area contributed by atoms with Crippen LogP contribution in [0.2, 0.25) is 0 Å². The Labute approximate surface area is 113 Å².